The molecule has 0 heterocycles. The molecule has 0 N–H and O–H groups in total. The first-order valence-corrected chi connectivity index (χ1v) is 8.00. The molecule has 1 atom stereocenters. The molecule has 0 nitrogen and oxygen atoms in total. The van der Waals surface area contributed by atoms with E-state index in [2.05, 4.69) is 69.3 Å². The lowest BCUT2D eigenvalue weighted by Crippen LogP contribution is -2.15. The van der Waals surface area contributed by atoms with Gasteiger partial charge in [0.25, 0.3) is 0 Å². The quantitative estimate of drug-likeness (QED) is 0.680. The molecule has 0 bridgehead atoms. The number of hydrogen-bond acceptors (Lipinski definition) is 0. The van der Waals surface area contributed by atoms with Crippen LogP contribution in [0.15, 0.2) is 30.3 Å². The Kier molecular flexibility index (Phi) is 2.66. The van der Waals surface area contributed by atoms with E-state index in [1.807, 2.05) is 0 Å². The van der Waals surface area contributed by atoms with E-state index in [1.165, 1.54) is 45.2 Å². The van der Waals surface area contributed by atoms with E-state index < -0.39 is 0 Å². The fourth-order valence-corrected chi connectivity index (χ4v) is 3.79. The average Bonchev–Trinajstić information content (AvgIpc) is 2.67. The van der Waals surface area contributed by atoms with Crippen LogP contribution in [0.4, 0.5) is 0 Å². The van der Waals surface area contributed by atoms with Crippen LogP contribution in [0.5, 0.6) is 0 Å². The van der Waals surface area contributed by atoms with Gasteiger partial charge in [0.15, 0.2) is 0 Å². The summed E-state index contributed by atoms with van der Waals surface area (Å²) in [6.07, 6.45) is 11.9. The third-order valence-electron chi connectivity index (χ3n) is 4.87. The lowest BCUT2D eigenvalue weighted by atomic mass is 9.91. The molecule has 106 valence electrons. The molecule has 0 fully saturated rings. The predicted molar refractivity (Wildman–Crippen MR) is 92.4 cm³/mol. The molecule has 0 saturated carbocycles. The highest BCUT2D eigenvalue weighted by Gasteiger charge is 2.17. The molecule has 4 rings (SSSR count). The molecule has 0 aromatic heterocycles. The van der Waals surface area contributed by atoms with Gasteiger partial charge in [-0.15, -0.1) is 0 Å². The van der Waals surface area contributed by atoms with Crippen LogP contribution in [0, 0.1) is 11.3 Å². The summed E-state index contributed by atoms with van der Waals surface area (Å²) in [7, 11) is 0. The zero-order valence-electron chi connectivity index (χ0n) is 13.1. The van der Waals surface area contributed by atoms with Crippen molar-refractivity contribution in [2.45, 2.75) is 33.6 Å². The van der Waals surface area contributed by atoms with E-state index in [-0.39, 0.29) is 5.41 Å². The average molecular weight is 274 g/mol. The molecule has 1 unspecified atom stereocenters. The van der Waals surface area contributed by atoms with Crippen molar-refractivity contribution >= 4 is 29.0 Å². The summed E-state index contributed by atoms with van der Waals surface area (Å²) < 4.78 is 0. The standard InChI is InChI=1S/C21H22/c1-14-4-5-15-7-9-18-13-21(2,3)11-10-16-6-8-17(12-14)19(15)20(16)18/h5-11,13-14H,4,12H2,1-3H3. The van der Waals surface area contributed by atoms with Gasteiger partial charge < -0.3 is 0 Å². The van der Waals surface area contributed by atoms with Gasteiger partial charge in [-0.05, 0) is 51.1 Å². The van der Waals surface area contributed by atoms with Gasteiger partial charge in [-0.25, -0.2) is 0 Å². The third-order valence-corrected chi connectivity index (χ3v) is 4.87. The van der Waals surface area contributed by atoms with Gasteiger partial charge in [-0.1, -0.05) is 69.3 Å². The second-order valence-electron chi connectivity index (χ2n) is 7.36. The molecule has 2 aromatic carbocycles. The Bertz CT molecular complexity index is 878. The number of benzene rings is 2. The second kappa shape index (κ2) is 4.34. The second-order valence-corrected chi connectivity index (χ2v) is 7.36. The van der Waals surface area contributed by atoms with Crippen LogP contribution in [0.3, 0.4) is 0 Å². The van der Waals surface area contributed by atoms with Gasteiger partial charge in [-0.2, -0.15) is 0 Å². The molecule has 2 aliphatic carbocycles. The predicted octanol–water partition coefficient (Wildman–Crippen LogP) is 4.04. The van der Waals surface area contributed by atoms with Gasteiger partial charge in [0.1, 0.15) is 0 Å². The molecule has 2 aliphatic rings. The van der Waals surface area contributed by atoms with E-state index in [9.17, 15) is 0 Å². The maximum absolute atomic E-state index is 2.43. The van der Waals surface area contributed by atoms with Crippen molar-refractivity contribution < 1.29 is 0 Å². The molecule has 0 radical (unpaired) electrons. The van der Waals surface area contributed by atoms with Crippen LogP contribution in [-0.4, -0.2) is 0 Å². The maximum atomic E-state index is 2.43. The van der Waals surface area contributed by atoms with Crippen LogP contribution < -0.4 is 10.4 Å². The first-order chi connectivity index (χ1) is 10.0. The Labute approximate surface area is 126 Å². The summed E-state index contributed by atoms with van der Waals surface area (Å²) in [4.78, 5) is 0. The van der Waals surface area contributed by atoms with Crippen LogP contribution in [0.1, 0.15) is 38.3 Å². The largest absolute Gasteiger partial charge is 0.0764 e. The van der Waals surface area contributed by atoms with Crippen molar-refractivity contribution in [2.75, 3.05) is 0 Å². The van der Waals surface area contributed by atoms with Gasteiger partial charge in [0.05, 0.1) is 0 Å². The zero-order valence-corrected chi connectivity index (χ0v) is 13.1. The summed E-state index contributed by atoms with van der Waals surface area (Å²) in [5.41, 5.74) is 3.01. The lowest BCUT2D eigenvalue weighted by Gasteiger charge is -2.13. The van der Waals surface area contributed by atoms with Crippen molar-refractivity contribution in [3.63, 3.8) is 0 Å². The Balaban J connectivity index is 2.23. The summed E-state index contributed by atoms with van der Waals surface area (Å²) >= 11 is 0. The molecule has 21 heavy (non-hydrogen) atoms. The third kappa shape index (κ3) is 2.05. The first kappa shape index (κ1) is 12.9. The highest BCUT2D eigenvalue weighted by atomic mass is 14.2. The zero-order chi connectivity index (χ0) is 14.6. The summed E-state index contributed by atoms with van der Waals surface area (Å²) in [6, 6.07) is 9.30. The van der Waals surface area contributed by atoms with Gasteiger partial charge in [-0.3, -0.25) is 0 Å². The Morgan fingerprint density at radius 3 is 2.67 bits per heavy atom. The van der Waals surface area contributed by atoms with E-state index in [0.717, 1.165) is 5.92 Å². The van der Waals surface area contributed by atoms with Crippen LogP contribution in [-0.2, 0) is 6.42 Å². The Hall–Kier alpha value is -1.82. The number of hydrogen-bond donors (Lipinski definition) is 0. The molecule has 0 heteroatoms. The fourth-order valence-electron chi connectivity index (χ4n) is 3.79. The number of allylic oxidation sites excluding steroid dienone is 1. The van der Waals surface area contributed by atoms with E-state index in [4.69, 9.17) is 0 Å². The fraction of sp³-hybridized carbons (Fsp3) is 0.333. The van der Waals surface area contributed by atoms with Crippen LogP contribution in [0.25, 0.3) is 29.0 Å². The highest BCUT2D eigenvalue weighted by Crippen LogP contribution is 2.29. The normalized spacial score (nSPS) is 22.1. The monoisotopic (exact) mass is 274 g/mol. The SMILES string of the molecule is CC1CC=c2ccc3c4c(ccc(c24)C1)C=CC(C)(C)C=3. The Morgan fingerprint density at radius 2 is 1.81 bits per heavy atom. The van der Waals surface area contributed by atoms with Crippen molar-refractivity contribution in [3.8, 4) is 0 Å². The smallest absolute Gasteiger partial charge is 0.00169 e. The number of rotatable bonds is 0. The first-order valence-electron chi connectivity index (χ1n) is 8.00. The summed E-state index contributed by atoms with van der Waals surface area (Å²) in [6.45, 7) is 6.92. The van der Waals surface area contributed by atoms with Crippen molar-refractivity contribution in [3.05, 3.63) is 51.9 Å². The van der Waals surface area contributed by atoms with Crippen LogP contribution >= 0.6 is 0 Å². The van der Waals surface area contributed by atoms with E-state index in [0.29, 0.717) is 0 Å². The molecule has 2 aromatic rings. The Morgan fingerprint density at radius 1 is 1.00 bits per heavy atom. The molecule has 0 saturated heterocycles. The van der Waals surface area contributed by atoms with E-state index >= 15 is 0 Å². The molecule has 0 amide bonds. The molecular weight excluding hydrogens is 252 g/mol. The molecule has 0 spiro atoms. The summed E-state index contributed by atoms with van der Waals surface area (Å²) in [5, 5.41) is 5.77. The highest BCUT2D eigenvalue weighted by molar-refractivity contribution is 5.95. The molecule has 0 aliphatic heterocycles. The maximum Gasteiger partial charge on any atom is 0.00169 e. The topological polar surface area (TPSA) is 0 Å². The lowest BCUT2D eigenvalue weighted by molar-refractivity contribution is 0.609. The minimum Gasteiger partial charge on any atom is -0.0764 e. The van der Waals surface area contributed by atoms with Gasteiger partial charge in [0, 0.05) is 5.41 Å². The molecular formula is C21H22. The van der Waals surface area contributed by atoms with E-state index in [1.54, 1.807) is 0 Å². The van der Waals surface area contributed by atoms with Crippen molar-refractivity contribution in [1.29, 1.82) is 0 Å². The minimum atomic E-state index is 0.116. The van der Waals surface area contributed by atoms with Crippen molar-refractivity contribution in [1.82, 2.24) is 0 Å². The van der Waals surface area contributed by atoms with Crippen molar-refractivity contribution in [2.24, 2.45) is 11.3 Å². The van der Waals surface area contributed by atoms with Crippen LogP contribution in [0.2, 0.25) is 0 Å². The van der Waals surface area contributed by atoms with Gasteiger partial charge >= 0.3 is 0 Å². The minimum absolute atomic E-state index is 0.116. The summed E-state index contributed by atoms with van der Waals surface area (Å²) in [5.74, 6) is 0.732. The van der Waals surface area contributed by atoms with Gasteiger partial charge in [0.2, 0.25) is 0 Å².